The van der Waals surface area contributed by atoms with Crippen LogP contribution in [0.3, 0.4) is 0 Å². The molecule has 1 aromatic carbocycles. The molecule has 0 aliphatic carbocycles. The van der Waals surface area contributed by atoms with Crippen LogP contribution in [0.15, 0.2) is 67.0 Å². The minimum absolute atomic E-state index is 0.793. The molecule has 3 heteroatoms. The van der Waals surface area contributed by atoms with Gasteiger partial charge in [0.25, 0.3) is 0 Å². The maximum Gasteiger partial charge on any atom is 0.479 e. The van der Waals surface area contributed by atoms with Crippen molar-refractivity contribution in [2.24, 2.45) is 0 Å². The van der Waals surface area contributed by atoms with Gasteiger partial charge >= 0.3 is 5.66 Å². The van der Waals surface area contributed by atoms with E-state index in [0.29, 0.717) is 0 Å². The lowest BCUT2D eigenvalue weighted by molar-refractivity contribution is -0.950. The molecule has 0 saturated carbocycles. The number of hydrogen-bond acceptors (Lipinski definition) is 1. The summed E-state index contributed by atoms with van der Waals surface area (Å²) < 4.78 is 4.16. The number of pyridine rings is 2. The number of nitrogens with zero attached hydrogens (tertiary/aromatic N) is 3. The van der Waals surface area contributed by atoms with Crippen LogP contribution < -0.4 is 9.13 Å². The second-order valence-electron chi connectivity index (χ2n) is 5.42. The molecule has 0 bridgehead atoms. The zero-order chi connectivity index (χ0) is 14.0. The van der Waals surface area contributed by atoms with Gasteiger partial charge in [-0.15, -0.1) is 9.13 Å². The fourth-order valence-corrected chi connectivity index (χ4v) is 3.76. The highest BCUT2D eigenvalue weighted by atomic mass is 15.3. The quantitative estimate of drug-likeness (QED) is 0.574. The lowest BCUT2D eigenvalue weighted by Gasteiger charge is -2.08. The van der Waals surface area contributed by atoms with Gasteiger partial charge in [-0.25, -0.2) is 0 Å². The second-order valence-corrected chi connectivity index (χ2v) is 5.42. The lowest BCUT2D eigenvalue weighted by atomic mass is 9.95. The second kappa shape index (κ2) is 3.36. The van der Waals surface area contributed by atoms with Crippen molar-refractivity contribution in [3.05, 3.63) is 72.6 Å². The van der Waals surface area contributed by atoms with Crippen LogP contribution in [-0.4, -0.2) is 0 Å². The first-order valence-electron chi connectivity index (χ1n) is 6.96. The third-order valence-electron chi connectivity index (χ3n) is 4.54. The van der Waals surface area contributed by atoms with Gasteiger partial charge in [0.2, 0.25) is 17.5 Å². The number of hydrogen-bond donors (Lipinski definition) is 0. The Bertz CT molecular complexity index is 900. The van der Waals surface area contributed by atoms with Crippen molar-refractivity contribution in [1.82, 2.24) is 0 Å². The Labute approximate surface area is 122 Å². The summed E-state index contributed by atoms with van der Waals surface area (Å²) in [7, 11) is 0. The van der Waals surface area contributed by atoms with E-state index in [1.807, 2.05) is 36.7 Å². The zero-order valence-corrected chi connectivity index (χ0v) is 11.2. The van der Waals surface area contributed by atoms with Gasteiger partial charge in [-0.1, -0.05) is 6.07 Å². The fourth-order valence-electron chi connectivity index (χ4n) is 3.76. The minimum atomic E-state index is -0.793. The minimum Gasteiger partial charge on any atom is -0.182 e. The molecule has 0 spiro atoms. The highest BCUT2D eigenvalue weighted by molar-refractivity contribution is 5.79. The van der Waals surface area contributed by atoms with E-state index in [0.717, 1.165) is 28.1 Å². The van der Waals surface area contributed by atoms with Crippen LogP contribution in [0, 0.1) is 11.3 Å². The van der Waals surface area contributed by atoms with E-state index in [1.54, 1.807) is 0 Å². The predicted octanol–water partition coefficient (Wildman–Crippen LogP) is 2.00. The highest BCUT2D eigenvalue weighted by Crippen LogP contribution is 2.45. The van der Waals surface area contributed by atoms with Gasteiger partial charge in [-0.2, -0.15) is 5.26 Å². The molecule has 5 rings (SSSR count). The van der Waals surface area contributed by atoms with Gasteiger partial charge in [0.05, 0.1) is 11.1 Å². The molecule has 0 saturated heterocycles. The first-order valence-corrected chi connectivity index (χ1v) is 6.96. The van der Waals surface area contributed by atoms with Crippen molar-refractivity contribution in [1.29, 1.82) is 5.26 Å². The Morgan fingerprint density at radius 3 is 1.86 bits per heavy atom. The van der Waals surface area contributed by atoms with Crippen LogP contribution in [0.4, 0.5) is 0 Å². The van der Waals surface area contributed by atoms with Crippen LogP contribution in [0.25, 0.3) is 22.5 Å². The molecule has 0 atom stereocenters. The summed E-state index contributed by atoms with van der Waals surface area (Å²) in [6.45, 7) is 0. The predicted molar refractivity (Wildman–Crippen MR) is 75.8 cm³/mol. The molecule has 21 heavy (non-hydrogen) atoms. The number of benzene rings is 1. The van der Waals surface area contributed by atoms with E-state index in [-0.39, 0.29) is 0 Å². The maximum absolute atomic E-state index is 10.1. The van der Waals surface area contributed by atoms with Crippen LogP contribution in [0.1, 0.15) is 5.56 Å². The van der Waals surface area contributed by atoms with Crippen molar-refractivity contribution >= 4 is 0 Å². The maximum atomic E-state index is 10.1. The Morgan fingerprint density at radius 2 is 1.33 bits per heavy atom. The molecule has 0 fully saturated rings. The molecule has 0 unspecified atom stereocenters. The van der Waals surface area contributed by atoms with Gasteiger partial charge in [0, 0.05) is 24.3 Å². The van der Waals surface area contributed by atoms with Gasteiger partial charge in [-0.3, -0.25) is 0 Å². The Hall–Kier alpha value is -2.99. The van der Waals surface area contributed by atoms with E-state index in [4.69, 9.17) is 0 Å². The molecule has 0 radical (unpaired) electrons. The van der Waals surface area contributed by atoms with E-state index in [2.05, 4.69) is 45.5 Å². The molecular weight excluding hydrogens is 258 g/mol. The largest absolute Gasteiger partial charge is 0.479 e. The average Bonchev–Trinajstić information content (AvgIpc) is 3.02. The highest BCUT2D eigenvalue weighted by Gasteiger charge is 2.66. The zero-order valence-electron chi connectivity index (χ0n) is 11.2. The average molecular weight is 269 g/mol. The van der Waals surface area contributed by atoms with Crippen LogP contribution in [-0.2, 0) is 5.66 Å². The molecule has 0 N–H and O–H groups in total. The number of nitriles is 1. The standard InChI is InChI=1S/C18H11N3/c19-12-18-17-13(15-8-1-3-10-20(15)18)6-5-7-14(17)16-9-2-4-11-21(16)18/h1-11H/q+2. The number of fused-ring (bicyclic) bond motifs is 6. The van der Waals surface area contributed by atoms with E-state index < -0.39 is 5.66 Å². The lowest BCUT2D eigenvalue weighted by Crippen LogP contribution is -2.70. The summed E-state index contributed by atoms with van der Waals surface area (Å²) in [6.07, 6.45) is 3.99. The van der Waals surface area contributed by atoms with Crippen molar-refractivity contribution in [2.45, 2.75) is 5.66 Å². The fraction of sp³-hybridized carbons (Fsp3) is 0.0556. The number of aromatic nitrogens is 2. The van der Waals surface area contributed by atoms with Crippen molar-refractivity contribution in [2.75, 3.05) is 0 Å². The molecule has 4 heterocycles. The van der Waals surface area contributed by atoms with Crippen molar-refractivity contribution in [3.63, 3.8) is 0 Å². The summed E-state index contributed by atoms with van der Waals surface area (Å²) in [5.41, 5.74) is 4.80. The van der Waals surface area contributed by atoms with Gasteiger partial charge < -0.3 is 0 Å². The number of rotatable bonds is 0. The van der Waals surface area contributed by atoms with Crippen LogP contribution >= 0.6 is 0 Å². The first-order chi connectivity index (χ1) is 10.4. The van der Waals surface area contributed by atoms with E-state index in [1.165, 1.54) is 0 Å². The first kappa shape index (κ1) is 10.8. The van der Waals surface area contributed by atoms with Gasteiger partial charge in [0.1, 0.15) is 5.56 Å². The molecule has 2 aromatic heterocycles. The molecule has 2 aliphatic heterocycles. The normalized spacial score (nSPS) is 15.0. The molecule has 2 aliphatic rings. The van der Waals surface area contributed by atoms with Crippen molar-refractivity contribution < 1.29 is 9.13 Å². The summed E-state index contributed by atoms with van der Waals surface area (Å²) in [4.78, 5) is 0. The monoisotopic (exact) mass is 269 g/mol. The van der Waals surface area contributed by atoms with Crippen LogP contribution in [0.5, 0.6) is 0 Å². The molecule has 3 nitrogen and oxygen atoms in total. The summed E-state index contributed by atoms with van der Waals surface area (Å²) >= 11 is 0. The smallest absolute Gasteiger partial charge is 0.182 e. The topological polar surface area (TPSA) is 31.5 Å². The Balaban J connectivity index is 2.08. The third-order valence-corrected chi connectivity index (χ3v) is 4.54. The Kier molecular flexibility index (Phi) is 1.72. The summed E-state index contributed by atoms with van der Waals surface area (Å²) in [6, 6.07) is 21.0. The molecule has 0 amide bonds. The third kappa shape index (κ3) is 0.997. The van der Waals surface area contributed by atoms with E-state index in [9.17, 15) is 5.26 Å². The Morgan fingerprint density at radius 1 is 0.762 bits per heavy atom. The van der Waals surface area contributed by atoms with Crippen molar-refractivity contribution in [3.8, 4) is 28.6 Å². The molecule has 3 aromatic rings. The molecule has 96 valence electrons. The SMILES string of the molecule is N#CC12c3c(cccc3-c3cccc[n+]31)-c1cccc[n+]12. The van der Waals surface area contributed by atoms with E-state index >= 15 is 0 Å². The summed E-state index contributed by atoms with van der Waals surface area (Å²) in [5, 5.41) is 10.1. The van der Waals surface area contributed by atoms with Gasteiger partial charge in [0.15, 0.2) is 12.4 Å². The van der Waals surface area contributed by atoms with Gasteiger partial charge in [-0.05, 0) is 24.3 Å². The molecular formula is C18H11N3+2. The van der Waals surface area contributed by atoms with Crippen LogP contribution in [0.2, 0.25) is 0 Å². The summed E-state index contributed by atoms with van der Waals surface area (Å²) in [5.74, 6) is 0.